The highest BCUT2D eigenvalue weighted by atomic mass is 35.5. The molecule has 1 unspecified atom stereocenters. The molecular weight excluding hydrogens is 394 g/mol. The Labute approximate surface area is 175 Å². The lowest BCUT2D eigenvalue weighted by molar-refractivity contribution is -0.126. The van der Waals surface area contributed by atoms with Crippen LogP contribution in [0.5, 0.6) is 0 Å². The molecule has 0 aliphatic carbocycles. The molecule has 1 aliphatic heterocycles. The Morgan fingerprint density at radius 2 is 2.07 bits per heavy atom. The fourth-order valence-corrected chi connectivity index (χ4v) is 4.37. The van der Waals surface area contributed by atoms with Gasteiger partial charge in [-0.2, -0.15) is 0 Å². The highest BCUT2D eigenvalue weighted by Gasteiger charge is 2.28. The first-order valence-electron chi connectivity index (χ1n) is 9.76. The Balaban J connectivity index is 1.41. The van der Waals surface area contributed by atoms with E-state index in [9.17, 15) is 9.59 Å². The van der Waals surface area contributed by atoms with E-state index < -0.39 is 0 Å². The number of halogens is 1. The first kappa shape index (κ1) is 20.8. The van der Waals surface area contributed by atoms with Crippen molar-refractivity contribution in [1.29, 1.82) is 0 Å². The maximum Gasteiger partial charge on any atom is 0.253 e. The number of amides is 2. The standard InChI is InChI=1S/C21H26ClN3O2S/c1-15-14-28-19(24-15)6-2-3-11-23-20(26)17-5-4-12-25(13-17)21(27)16-7-9-18(22)10-8-16/h7-10,14,17H,2-6,11-13H2,1H3,(H,23,26). The molecule has 0 bridgehead atoms. The van der Waals surface area contributed by atoms with Crippen LogP contribution < -0.4 is 5.32 Å². The van der Waals surface area contributed by atoms with Crippen molar-refractivity contribution in [1.82, 2.24) is 15.2 Å². The largest absolute Gasteiger partial charge is 0.356 e. The van der Waals surface area contributed by atoms with Crippen LogP contribution in [0.4, 0.5) is 0 Å². The van der Waals surface area contributed by atoms with Gasteiger partial charge in [0.15, 0.2) is 0 Å². The monoisotopic (exact) mass is 419 g/mol. The van der Waals surface area contributed by atoms with E-state index >= 15 is 0 Å². The maximum absolute atomic E-state index is 12.7. The second-order valence-corrected chi connectivity index (χ2v) is 8.61. The molecule has 1 aliphatic rings. The summed E-state index contributed by atoms with van der Waals surface area (Å²) in [6, 6.07) is 6.91. The highest BCUT2D eigenvalue weighted by molar-refractivity contribution is 7.09. The Kier molecular flexibility index (Phi) is 7.45. The minimum atomic E-state index is -0.133. The minimum absolute atomic E-state index is 0.0343. The molecule has 1 fully saturated rings. The molecule has 0 radical (unpaired) electrons. The maximum atomic E-state index is 12.7. The number of hydrogen-bond acceptors (Lipinski definition) is 4. The summed E-state index contributed by atoms with van der Waals surface area (Å²) in [5, 5.41) is 6.87. The lowest BCUT2D eigenvalue weighted by Crippen LogP contribution is -2.45. The molecule has 3 rings (SSSR count). The van der Waals surface area contributed by atoms with Gasteiger partial charge in [0.05, 0.1) is 10.9 Å². The number of nitrogens with zero attached hydrogens (tertiary/aromatic N) is 2. The van der Waals surface area contributed by atoms with Gasteiger partial charge in [-0.05, 0) is 63.3 Å². The van der Waals surface area contributed by atoms with Crippen molar-refractivity contribution in [2.75, 3.05) is 19.6 Å². The number of carbonyl (C=O) groups excluding carboxylic acids is 2. The molecule has 0 saturated carbocycles. The molecule has 7 heteroatoms. The summed E-state index contributed by atoms with van der Waals surface area (Å²) in [4.78, 5) is 31.4. The van der Waals surface area contributed by atoms with Crippen LogP contribution in [0.2, 0.25) is 5.02 Å². The number of nitrogens with one attached hydrogen (secondary N) is 1. The number of unbranched alkanes of at least 4 members (excludes halogenated alkanes) is 1. The summed E-state index contributed by atoms with van der Waals surface area (Å²) in [5.41, 5.74) is 1.69. The van der Waals surface area contributed by atoms with Crippen molar-refractivity contribution in [3.63, 3.8) is 0 Å². The number of benzene rings is 1. The van der Waals surface area contributed by atoms with E-state index in [4.69, 9.17) is 11.6 Å². The zero-order valence-corrected chi connectivity index (χ0v) is 17.7. The van der Waals surface area contributed by atoms with Crippen LogP contribution in [-0.2, 0) is 11.2 Å². The summed E-state index contributed by atoms with van der Waals surface area (Å²) in [5.74, 6) is -0.113. The van der Waals surface area contributed by atoms with Gasteiger partial charge in [-0.25, -0.2) is 4.98 Å². The van der Waals surface area contributed by atoms with Crippen LogP contribution in [0, 0.1) is 12.8 Å². The van der Waals surface area contributed by atoms with Crippen LogP contribution in [0.3, 0.4) is 0 Å². The number of likely N-dealkylation sites (tertiary alicyclic amines) is 1. The Bertz CT molecular complexity index is 806. The molecule has 1 atom stereocenters. The van der Waals surface area contributed by atoms with E-state index in [1.165, 1.54) is 0 Å². The third kappa shape index (κ3) is 5.79. The average Bonchev–Trinajstić information content (AvgIpc) is 3.13. The van der Waals surface area contributed by atoms with Crippen LogP contribution in [0.25, 0.3) is 0 Å². The van der Waals surface area contributed by atoms with E-state index in [1.807, 2.05) is 6.92 Å². The molecule has 5 nitrogen and oxygen atoms in total. The van der Waals surface area contributed by atoms with Crippen molar-refractivity contribution < 1.29 is 9.59 Å². The van der Waals surface area contributed by atoms with Gasteiger partial charge in [0.2, 0.25) is 5.91 Å². The highest BCUT2D eigenvalue weighted by Crippen LogP contribution is 2.20. The molecule has 2 heterocycles. The first-order chi connectivity index (χ1) is 13.5. The van der Waals surface area contributed by atoms with Gasteiger partial charge in [-0.1, -0.05) is 11.6 Å². The normalized spacial score (nSPS) is 16.8. The first-order valence-corrected chi connectivity index (χ1v) is 11.0. The molecule has 1 aromatic heterocycles. The van der Waals surface area contributed by atoms with E-state index in [0.717, 1.165) is 42.8 Å². The predicted molar refractivity (Wildman–Crippen MR) is 113 cm³/mol. The van der Waals surface area contributed by atoms with Gasteiger partial charge in [-0.3, -0.25) is 9.59 Å². The molecule has 1 N–H and O–H groups in total. The van der Waals surface area contributed by atoms with Gasteiger partial charge in [-0.15, -0.1) is 11.3 Å². The average molecular weight is 420 g/mol. The van der Waals surface area contributed by atoms with Crippen LogP contribution in [0.15, 0.2) is 29.6 Å². The number of aryl methyl sites for hydroxylation is 2. The summed E-state index contributed by atoms with van der Waals surface area (Å²) in [6.45, 7) is 3.85. The second kappa shape index (κ2) is 10.0. The lowest BCUT2D eigenvalue weighted by atomic mass is 9.96. The Morgan fingerprint density at radius 3 is 2.79 bits per heavy atom. The smallest absolute Gasteiger partial charge is 0.253 e. The van der Waals surface area contributed by atoms with Crippen molar-refractivity contribution in [2.45, 2.75) is 39.0 Å². The van der Waals surface area contributed by atoms with Crippen LogP contribution in [-0.4, -0.2) is 41.3 Å². The summed E-state index contributed by atoms with van der Waals surface area (Å²) < 4.78 is 0. The van der Waals surface area contributed by atoms with Gasteiger partial charge < -0.3 is 10.2 Å². The molecule has 150 valence electrons. The second-order valence-electron chi connectivity index (χ2n) is 7.23. The van der Waals surface area contributed by atoms with Crippen LogP contribution in [0.1, 0.15) is 46.7 Å². The van der Waals surface area contributed by atoms with Crippen molar-refractivity contribution in [2.24, 2.45) is 5.92 Å². The fourth-order valence-electron chi connectivity index (χ4n) is 3.43. The summed E-state index contributed by atoms with van der Waals surface area (Å²) in [7, 11) is 0. The summed E-state index contributed by atoms with van der Waals surface area (Å²) in [6.07, 6.45) is 4.58. The molecule has 2 amide bonds. The van der Waals surface area contributed by atoms with Gasteiger partial charge >= 0.3 is 0 Å². The zero-order valence-electron chi connectivity index (χ0n) is 16.1. The minimum Gasteiger partial charge on any atom is -0.356 e. The number of hydrogen-bond donors (Lipinski definition) is 1. The molecule has 1 aromatic carbocycles. The molecule has 0 spiro atoms. The number of rotatable bonds is 7. The van der Waals surface area contributed by atoms with E-state index in [1.54, 1.807) is 40.5 Å². The number of piperidine rings is 1. The van der Waals surface area contributed by atoms with Gasteiger partial charge in [0.25, 0.3) is 5.91 Å². The zero-order chi connectivity index (χ0) is 19.9. The molecular formula is C21H26ClN3O2S. The number of thiazole rings is 1. The number of carbonyl (C=O) groups is 2. The molecule has 1 saturated heterocycles. The third-order valence-corrected chi connectivity index (χ3v) is 6.23. The predicted octanol–water partition coefficient (Wildman–Crippen LogP) is 4.10. The summed E-state index contributed by atoms with van der Waals surface area (Å²) >= 11 is 7.59. The Hall–Kier alpha value is -1.92. The van der Waals surface area contributed by atoms with E-state index in [0.29, 0.717) is 30.2 Å². The van der Waals surface area contributed by atoms with Crippen LogP contribution >= 0.6 is 22.9 Å². The van der Waals surface area contributed by atoms with Gasteiger partial charge in [0.1, 0.15) is 0 Å². The Morgan fingerprint density at radius 1 is 1.29 bits per heavy atom. The SMILES string of the molecule is Cc1csc(CCCCNC(=O)C2CCCN(C(=O)c3ccc(Cl)cc3)C2)n1. The quantitative estimate of drug-likeness (QED) is 0.687. The van der Waals surface area contributed by atoms with Crippen molar-refractivity contribution >= 4 is 34.8 Å². The lowest BCUT2D eigenvalue weighted by Gasteiger charge is -2.32. The third-order valence-electron chi connectivity index (χ3n) is 4.95. The van der Waals surface area contributed by atoms with Gasteiger partial charge in [0, 0.05) is 41.3 Å². The van der Waals surface area contributed by atoms with E-state index in [-0.39, 0.29) is 17.7 Å². The van der Waals surface area contributed by atoms with E-state index in [2.05, 4.69) is 15.7 Å². The number of aromatic nitrogens is 1. The van der Waals surface area contributed by atoms with Crippen molar-refractivity contribution in [3.8, 4) is 0 Å². The molecule has 28 heavy (non-hydrogen) atoms. The fraction of sp³-hybridized carbons (Fsp3) is 0.476. The molecule has 2 aromatic rings. The van der Waals surface area contributed by atoms with Crippen molar-refractivity contribution in [3.05, 3.63) is 50.9 Å². The topological polar surface area (TPSA) is 62.3 Å².